The molecular weight excluding hydrogens is 946 g/mol. The van der Waals surface area contributed by atoms with Crippen LogP contribution in [0.25, 0.3) is 22.3 Å². The average molecular weight is 1010 g/mol. The van der Waals surface area contributed by atoms with Crippen LogP contribution in [-0.2, 0) is 80.2 Å². The number of amides is 8. The summed E-state index contributed by atoms with van der Waals surface area (Å²) in [5.74, 6) is -2.92. The number of pyridine rings is 2. The van der Waals surface area contributed by atoms with Gasteiger partial charge in [0.2, 0.25) is 48.3 Å². The van der Waals surface area contributed by atoms with Gasteiger partial charge in [-0.1, -0.05) is 36.8 Å². The van der Waals surface area contributed by atoms with Gasteiger partial charge >= 0.3 is 0 Å². The Labute approximate surface area is 420 Å². The van der Waals surface area contributed by atoms with Crippen LogP contribution in [0.5, 0.6) is 0 Å². The predicted octanol–water partition coefficient (Wildman–Crippen LogP) is 2.07. The number of halogens is 1. The van der Waals surface area contributed by atoms with Crippen LogP contribution >= 0.6 is 0 Å². The largest absolute Gasteiger partial charge is 0.493 e. The maximum absolute atomic E-state index is 15.3. The molecule has 8 amide bonds. The van der Waals surface area contributed by atoms with E-state index in [2.05, 4.69) is 31.9 Å². The van der Waals surface area contributed by atoms with E-state index in [9.17, 15) is 43.2 Å². The quantitative estimate of drug-likeness (QED) is 0.0295. The third kappa shape index (κ3) is 13.2. The lowest BCUT2D eigenvalue weighted by Crippen LogP contribution is -2.52. The standard InChI is InChI=1S/C52H60FN9O11/c1-4-34-19-33-20-42-50-36(25-62(42)52(71)37(33)26-72-34)49-39(15-14-35-31(3)38(53)21-40(60-50)48(35)49)58-44(66)17-30(2)73-27-57-46(68)23-56-51(70)41(18-32-11-7-5-8-12-32)59-47(69)24-55-45(67)22-54-43(65)13-9-6-10-16-61(28-63)29-64/h4-5,7-8,11-12,20-21,28-30,39,41H,6,9-10,13-19,22-27H2,1-3H3,(H,54,65)(H,55,67)(H,56,70)(H,57,68)(H,58,66)(H,59,69)/b34-4-/t30-,39+,41+/m1/s1. The number of benzene rings is 2. The van der Waals surface area contributed by atoms with E-state index in [1.54, 1.807) is 48.7 Å². The van der Waals surface area contributed by atoms with Gasteiger partial charge in [0.1, 0.15) is 25.2 Å². The molecule has 0 fully saturated rings. The summed E-state index contributed by atoms with van der Waals surface area (Å²) in [4.78, 5) is 118. The number of carbonyl (C=O) groups excluding carboxylic acids is 8. The molecule has 3 atom stereocenters. The van der Waals surface area contributed by atoms with Crippen molar-refractivity contribution in [1.29, 1.82) is 0 Å². The fraction of sp³-hybridized carbons (Fsp3) is 0.423. The molecule has 4 heterocycles. The third-order valence-corrected chi connectivity index (χ3v) is 13.2. The normalized spacial score (nSPS) is 15.3. The summed E-state index contributed by atoms with van der Waals surface area (Å²) in [5, 5.41) is 16.5. The van der Waals surface area contributed by atoms with Crippen molar-refractivity contribution in [3.63, 3.8) is 0 Å². The number of carbonyl (C=O) groups is 8. The topological polar surface area (TPSA) is 265 Å². The van der Waals surface area contributed by atoms with E-state index in [0.29, 0.717) is 84.9 Å². The Hall–Kier alpha value is -7.81. The molecule has 7 rings (SSSR count). The number of hydrogen-bond donors (Lipinski definition) is 6. The molecule has 1 aliphatic carbocycles. The number of hydrogen-bond acceptors (Lipinski definition) is 12. The van der Waals surface area contributed by atoms with E-state index in [1.165, 1.54) is 6.07 Å². The number of aryl methyl sites for hydroxylation is 1. The highest BCUT2D eigenvalue weighted by atomic mass is 19.1. The second-order valence-corrected chi connectivity index (χ2v) is 18.3. The van der Waals surface area contributed by atoms with Crippen LogP contribution in [0.2, 0.25) is 0 Å². The first-order valence-corrected chi connectivity index (χ1v) is 24.3. The van der Waals surface area contributed by atoms with Crippen LogP contribution in [0, 0.1) is 12.7 Å². The fourth-order valence-electron chi connectivity index (χ4n) is 9.33. The molecule has 4 aromatic rings. The van der Waals surface area contributed by atoms with E-state index in [1.807, 2.05) is 19.1 Å². The number of nitrogens with zero attached hydrogens (tertiary/aromatic N) is 3. The molecule has 2 aromatic carbocycles. The zero-order valence-electron chi connectivity index (χ0n) is 41.0. The van der Waals surface area contributed by atoms with Crippen molar-refractivity contribution in [3.8, 4) is 11.4 Å². The summed E-state index contributed by atoms with van der Waals surface area (Å²) < 4.78 is 28.6. The summed E-state index contributed by atoms with van der Waals surface area (Å²) in [6, 6.07) is 10.6. The second kappa shape index (κ2) is 24.5. The first-order chi connectivity index (χ1) is 35.2. The Morgan fingerprint density at radius 3 is 2.38 bits per heavy atom. The summed E-state index contributed by atoms with van der Waals surface area (Å²) in [5.41, 5.74) is 6.62. The molecule has 73 heavy (non-hydrogen) atoms. The number of rotatable bonds is 24. The Morgan fingerprint density at radius 1 is 0.904 bits per heavy atom. The van der Waals surface area contributed by atoms with Gasteiger partial charge < -0.3 is 45.9 Å². The van der Waals surface area contributed by atoms with E-state index >= 15 is 4.39 Å². The zero-order valence-corrected chi connectivity index (χ0v) is 41.0. The molecule has 20 nitrogen and oxygen atoms in total. The summed E-state index contributed by atoms with van der Waals surface area (Å²) >= 11 is 0. The molecule has 0 radical (unpaired) electrons. The highest BCUT2D eigenvalue weighted by molar-refractivity contribution is 5.94. The van der Waals surface area contributed by atoms with Gasteiger partial charge in [-0.05, 0) is 86.4 Å². The lowest BCUT2D eigenvalue weighted by molar-refractivity contribution is -0.131. The Balaban J connectivity index is 0.877. The maximum atomic E-state index is 15.3. The van der Waals surface area contributed by atoms with Crippen LogP contribution < -0.4 is 37.5 Å². The molecule has 386 valence electrons. The van der Waals surface area contributed by atoms with E-state index in [0.717, 1.165) is 38.3 Å². The van der Waals surface area contributed by atoms with E-state index in [4.69, 9.17) is 14.5 Å². The monoisotopic (exact) mass is 1010 g/mol. The Bertz CT molecular complexity index is 2880. The number of unbranched alkanes of at least 4 members (excludes halogenated alkanes) is 2. The molecule has 0 bridgehead atoms. The van der Waals surface area contributed by atoms with E-state index in [-0.39, 0.29) is 75.4 Å². The van der Waals surface area contributed by atoms with Crippen LogP contribution in [0.1, 0.15) is 97.4 Å². The molecule has 0 saturated heterocycles. The molecule has 21 heteroatoms. The number of nitrogens with one attached hydrogen (secondary N) is 6. The molecule has 3 aliphatic rings. The molecule has 0 unspecified atom stereocenters. The number of imide groups is 1. The minimum absolute atomic E-state index is 0.0676. The summed E-state index contributed by atoms with van der Waals surface area (Å²) in [6.45, 7) is 4.31. The van der Waals surface area contributed by atoms with E-state index < -0.39 is 54.9 Å². The first-order valence-electron chi connectivity index (χ1n) is 24.3. The van der Waals surface area contributed by atoms with Crippen LogP contribution in [0.4, 0.5) is 4.39 Å². The van der Waals surface area contributed by atoms with Crippen molar-refractivity contribution in [2.75, 3.05) is 32.9 Å². The van der Waals surface area contributed by atoms with Crippen LogP contribution in [-0.4, -0.2) is 108 Å². The molecule has 6 N–H and O–H groups in total. The number of fused-ring (bicyclic) bond motifs is 5. The van der Waals surface area contributed by atoms with Gasteiger partial charge in [0.15, 0.2) is 0 Å². The van der Waals surface area contributed by atoms with Crippen molar-refractivity contribution in [1.82, 2.24) is 46.4 Å². The molecule has 0 spiro atoms. The Kier molecular flexibility index (Phi) is 17.8. The van der Waals surface area contributed by atoms with Crippen molar-refractivity contribution in [2.45, 2.75) is 110 Å². The van der Waals surface area contributed by atoms with Gasteiger partial charge in [-0.25, -0.2) is 9.37 Å². The Morgan fingerprint density at radius 2 is 1.63 bits per heavy atom. The van der Waals surface area contributed by atoms with Gasteiger partial charge in [0.25, 0.3) is 5.56 Å². The van der Waals surface area contributed by atoms with Gasteiger partial charge in [0, 0.05) is 42.8 Å². The number of ether oxygens (including phenoxy) is 2. The lowest BCUT2D eigenvalue weighted by Gasteiger charge is -2.30. The number of aromatic nitrogens is 2. The molecule has 0 saturated carbocycles. The molecular formula is C52H60FN9O11. The van der Waals surface area contributed by atoms with Crippen molar-refractivity contribution in [2.24, 2.45) is 0 Å². The van der Waals surface area contributed by atoms with Crippen molar-refractivity contribution in [3.05, 3.63) is 109 Å². The second-order valence-electron chi connectivity index (χ2n) is 18.3. The maximum Gasteiger partial charge on any atom is 0.258 e. The van der Waals surface area contributed by atoms with Gasteiger partial charge in [0.05, 0.1) is 73.0 Å². The minimum atomic E-state index is -1.13. The third-order valence-electron chi connectivity index (χ3n) is 13.2. The lowest BCUT2D eigenvalue weighted by atomic mass is 9.81. The van der Waals surface area contributed by atoms with Gasteiger partial charge in [-0.2, -0.15) is 0 Å². The zero-order chi connectivity index (χ0) is 52.2. The minimum Gasteiger partial charge on any atom is -0.493 e. The van der Waals surface area contributed by atoms with Crippen LogP contribution in [0.15, 0.2) is 59.1 Å². The fourth-order valence-corrected chi connectivity index (χ4v) is 9.33. The smallest absolute Gasteiger partial charge is 0.258 e. The van der Waals surface area contributed by atoms with Gasteiger partial charge in [-0.3, -0.25) is 48.1 Å². The van der Waals surface area contributed by atoms with Gasteiger partial charge in [-0.15, -0.1) is 0 Å². The molecule has 2 aromatic heterocycles. The summed E-state index contributed by atoms with van der Waals surface area (Å²) in [6.07, 6.45) is 5.23. The average Bonchev–Trinajstić information content (AvgIpc) is 3.75. The highest BCUT2D eigenvalue weighted by Crippen LogP contribution is 2.45. The van der Waals surface area contributed by atoms with Crippen LogP contribution in [0.3, 0.4) is 0 Å². The predicted molar refractivity (Wildman–Crippen MR) is 263 cm³/mol. The van der Waals surface area contributed by atoms with Crippen molar-refractivity contribution >= 4 is 59.2 Å². The van der Waals surface area contributed by atoms with Crippen molar-refractivity contribution < 1.29 is 52.2 Å². The SMILES string of the molecule is C/C=C1/Cc2cc3n(c(=O)c2CO1)Cc1c-3nc2cc(F)c(C)c3c2c1[C@@H](NC(=O)C[C@@H](C)OCNC(=O)CNC(=O)[C@H](Cc1ccccc1)NC(=O)CNC(=O)CNC(=O)CCCCCN(C=O)C=O)CC3. The molecule has 2 aliphatic heterocycles. The first kappa shape index (κ1) is 53.0. The summed E-state index contributed by atoms with van der Waals surface area (Å²) in [7, 11) is 0. The number of allylic oxidation sites excluding steroid dienone is 2. The highest BCUT2D eigenvalue weighted by Gasteiger charge is 2.36.